The third-order valence-corrected chi connectivity index (χ3v) is 6.70. The summed E-state index contributed by atoms with van der Waals surface area (Å²) in [5.74, 6) is 1.58. The predicted molar refractivity (Wildman–Crippen MR) is 128 cm³/mol. The molecule has 0 unspecified atom stereocenters. The average molecular weight is 443 g/mol. The van der Waals surface area contributed by atoms with Crippen molar-refractivity contribution in [2.24, 2.45) is 5.92 Å². The van der Waals surface area contributed by atoms with Crippen LogP contribution >= 0.6 is 0 Å². The largest absolute Gasteiger partial charge is 0.341 e. The van der Waals surface area contributed by atoms with Crippen LogP contribution in [-0.4, -0.2) is 56.9 Å². The number of nitrogens with zero attached hydrogens (tertiary/aromatic N) is 6. The summed E-state index contributed by atoms with van der Waals surface area (Å²) >= 11 is 0. The van der Waals surface area contributed by atoms with Crippen LogP contribution in [-0.2, 0) is 0 Å². The molecule has 0 saturated carbocycles. The van der Waals surface area contributed by atoms with Gasteiger partial charge in [-0.1, -0.05) is 19.1 Å². The van der Waals surface area contributed by atoms with E-state index in [1.165, 1.54) is 12.8 Å². The number of aromatic nitrogens is 4. The summed E-state index contributed by atoms with van der Waals surface area (Å²) in [6.07, 6.45) is 11.6. The minimum Gasteiger partial charge on any atom is -0.341 e. The Morgan fingerprint density at radius 1 is 0.970 bits per heavy atom. The summed E-state index contributed by atoms with van der Waals surface area (Å²) in [5, 5.41) is 0. The lowest BCUT2D eigenvalue weighted by atomic mass is 9.90. The standard InChI is InChI=1S/C26H30N6O/c1-19-7-5-14-32(17-19)26-29-16-22(20-8-4-11-27-15-20)24(30-26)21-9-6-13-31(18-21)25(33)23-10-2-3-12-28-23/h2-4,8,10-12,15-16,19,21H,5-7,9,13-14,17-18H2,1H3/t19-,21-/m1/s1. The van der Waals surface area contributed by atoms with E-state index in [0.717, 1.165) is 55.2 Å². The Kier molecular flexibility index (Phi) is 6.28. The van der Waals surface area contributed by atoms with Crippen LogP contribution in [0.5, 0.6) is 0 Å². The summed E-state index contributed by atoms with van der Waals surface area (Å²) in [4.78, 5) is 35.8. The highest BCUT2D eigenvalue weighted by Gasteiger charge is 2.30. The molecule has 2 aliphatic heterocycles. The molecule has 0 aromatic carbocycles. The Hall–Kier alpha value is -3.35. The number of anilines is 1. The highest BCUT2D eigenvalue weighted by molar-refractivity contribution is 5.92. The van der Waals surface area contributed by atoms with Crippen LogP contribution in [0.15, 0.2) is 55.1 Å². The van der Waals surface area contributed by atoms with Gasteiger partial charge in [-0.05, 0) is 49.8 Å². The van der Waals surface area contributed by atoms with Gasteiger partial charge in [0.1, 0.15) is 5.69 Å². The predicted octanol–water partition coefficient (Wildman–Crippen LogP) is 4.19. The van der Waals surface area contributed by atoms with Crippen molar-refractivity contribution in [3.05, 3.63) is 66.5 Å². The number of rotatable bonds is 4. The lowest BCUT2D eigenvalue weighted by Gasteiger charge is -2.34. The van der Waals surface area contributed by atoms with Crippen LogP contribution in [0.4, 0.5) is 5.95 Å². The Bertz CT molecular complexity index is 1090. The SMILES string of the molecule is C[C@@H]1CCCN(c2ncc(-c3cccnc3)c([C@@H]3CCCN(C(=O)c4ccccn4)C3)n2)C1. The second-order valence-electron chi connectivity index (χ2n) is 9.21. The normalized spacial score (nSPS) is 21.1. The van der Waals surface area contributed by atoms with Crippen molar-refractivity contribution in [3.8, 4) is 11.1 Å². The number of carbonyl (C=O) groups is 1. The summed E-state index contributed by atoms with van der Waals surface area (Å²) < 4.78 is 0. The molecule has 0 radical (unpaired) electrons. The van der Waals surface area contributed by atoms with Gasteiger partial charge in [0, 0.05) is 68.0 Å². The average Bonchev–Trinajstić information content (AvgIpc) is 2.89. The van der Waals surface area contributed by atoms with E-state index >= 15 is 0 Å². The first-order valence-corrected chi connectivity index (χ1v) is 11.9. The third kappa shape index (κ3) is 4.72. The van der Waals surface area contributed by atoms with Gasteiger partial charge in [0.15, 0.2) is 0 Å². The van der Waals surface area contributed by atoms with Gasteiger partial charge in [-0.2, -0.15) is 0 Å². The first-order valence-electron chi connectivity index (χ1n) is 11.9. The number of hydrogen-bond acceptors (Lipinski definition) is 6. The molecule has 0 spiro atoms. The number of carbonyl (C=O) groups excluding carboxylic acids is 1. The van der Waals surface area contributed by atoms with Crippen LogP contribution < -0.4 is 4.90 Å². The van der Waals surface area contributed by atoms with Crippen LogP contribution in [0.25, 0.3) is 11.1 Å². The molecule has 2 saturated heterocycles. The van der Waals surface area contributed by atoms with Crippen molar-refractivity contribution in [2.75, 3.05) is 31.1 Å². The highest BCUT2D eigenvalue weighted by Crippen LogP contribution is 2.34. The van der Waals surface area contributed by atoms with E-state index < -0.39 is 0 Å². The Morgan fingerprint density at radius 2 is 1.88 bits per heavy atom. The van der Waals surface area contributed by atoms with Gasteiger partial charge in [0.25, 0.3) is 5.91 Å². The first kappa shape index (κ1) is 21.5. The summed E-state index contributed by atoms with van der Waals surface area (Å²) in [5.41, 5.74) is 3.54. The minimum absolute atomic E-state index is 0.0117. The van der Waals surface area contributed by atoms with Gasteiger partial charge < -0.3 is 9.80 Å². The molecule has 0 bridgehead atoms. The zero-order chi connectivity index (χ0) is 22.6. The first-order chi connectivity index (χ1) is 16.2. The van der Waals surface area contributed by atoms with E-state index in [9.17, 15) is 4.79 Å². The second-order valence-corrected chi connectivity index (χ2v) is 9.21. The number of piperidine rings is 2. The van der Waals surface area contributed by atoms with Crippen molar-refractivity contribution in [2.45, 2.75) is 38.5 Å². The maximum atomic E-state index is 13.1. The van der Waals surface area contributed by atoms with E-state index in [1.54, 1.807) is 18.5 Å². The molecule has 0 aliphatic carbocycles. The van der Waals surface area contributed by atoms with Gasteiger partial charge >= 0.3 is 0 Å². The van der Waals surface area contributed by atoms with Crippen molar-refractivity contribution in [1.82, 2.24) is 24.8 Å². The van der Waals surface area contributed by atoms with Crippen molar-refractivity contribution < 1.29 is 4.79 Å². The van der Waals surface area contributed by atoms with Gasteiger partial charge in [-0.3, -0.25) is 14.8 Å². The molecule has 0 N–H and O–H groups in total. The van der Waals surface area contributed by atoms with Crippen LogP contribution in [0.1, 0.15) is 54.7 Å². The smallest absolute Gasteiger partial charge is 0.272 e. The molecule has 5 rings (SSSR count). The summed E-state index contributed by atoms with van der Waals surface area (Å²) in [7, 11) is 0. The van der Waals surface area contributed by atoms with Crippen molar-refractivity contribution in [3.63, 3.8) is 0 Å². The lowest BCUT2D eigenvalue weighted by molar-refractivity contribution is 0.0700. The van der Waals surface area contributed by atoms with Crippen molar-refractivity contribution in [1.29, 1.82) is 0 Å². The molecule has 7 nitrogen and oxygen atoms in total. The number of likely N-dealkylation sites (tertiary alicyclic amines) is 1. The molecule has 3 aromatic heterocycles. The van der Waals surface area contributed by atoms with E-state index in [2.05, 4.69) is 27.9 Å². The van der Waals surface area contributed by atoms with Crippen LogP contribution in [0, 0.1) is 5.92 Å². The minimum atomic E-state index is -0.0117. The van der Waals surface area contributed by atoms with E-state index in [-0.39, 0.29) is 11.8 Å². The molecule has 1 amide bonds. The summed E-state index contributed by atoms with van der Waals surface area (Å²) in [6, 6.07) is 9.47. The zero-order valence-corrected chi connectivity index (χ0v) is 19.1. The van der Waals surface area contributed by atoms with Crippen LogP contribution in [0.3, 0.4) is 0 Å². The molecular weight excluding hydrogens is 412 g/mol. The fraction of sp³-hybridized carbons (Fsp3) is 0.423. The maximum Gasteiger partial charge on any atom is 0.272 e. The van der Waals surface area contributed by atoms with Crippen molar-refractivity contribution >= 4 is 11.9 Å². The maximum absolute atomic E-state index is 13.1. The Morgan fingerprint density at radius 3 is 2.67 bits per heavy atom. The lowest BCUT2D eigenvalue weighted by Crippen LogP contribution is -2.40. The van der Waals surface area contributed by atoms with Crippen LogP contribution in [0.2, 0.25) is 0 Å². The number of pyridine rings is 2. The number of amides is 1. The monoisotopic (exact) mass is 442 g/mol. The molecule has 33 heavy (non-hydrogen) atoms. The third-order valence-electron chi connectivity index (χ3n) is 6.70. The molecule has 170 valence electrons. The highest BCUT2D eigenvalue weighted by atomic mass is 16.2. The number of hydrogen-bond donors (Lipinski definition) is 0. The molecule has 2 atom stereocenters. The van der Waals surface area contributed by atoms with E-state index in [1.807, 2.05) is 35.5 Å². The second kappa shape index (κ2) is 9.65. The van der Waals surface area contributed by atoms with Gasteiger partial charge in [0.05, 0.1) is 5.69 Å². The molecule has 3 aromatic rings. The molecule has 2 fully saturated rings. The Labute approximate surface area is 194 Å². The Balaban J connectivity index is 1.48. The van der Waals surface area contributed by atoms with E-state index in [0.29, 0.717) is 18.2 Å². The topological polar surface area (TPSA) is 75.1 Å². The molecule has 7 heteroatoms. The van der Waals surface area contributed by atoms with Gasteiger partial charge in [0.2, 0.25) is 5.95 Å². The quantitative estimate of drug-likeness (QED) is 0.603. The van der Waals surface area contributed by atoms with Gasteiger partial charge in [-0.15, -0.1) is 0 Å². The summed E-state index contributed by atoms with van der Waals surface area (Å²) in [6.45, 7) is 5.65. The van der Waals surface area contributed by atoms with Gasteiger partial charge in [-0.25, -0.2) is 9.97 Å². The van der Waals surface area contributed by atoms with E-state index in [4.69, 9.17) is 9.97 Å². The fourth-order valence-corrected chi connectivity index (χ4v) is 5.00. The molecule has 5 heterocycles. The zero-order valence-electron chi connectivity index (χ0n) is 19.1. The fourth-order valence-electron chi connectivity index (χ4n) is 5.00. The molecule has 2 aliphatic rings. The molecular formula is C26H30N6O.